The van der Waals surface area contributed by atoms with Crippen molar-refractivity contribution in [1.82, 2.24) is 9.88 Å². The number of hydrogen-bond acceptors (Lipinski definition) is 4. The lowest BCUT2D eigenvalue weighted by Gasteiger charge is -2.23. The van der Waals surface area contributed by atoms with Crippen molar-refractivity contribution in [2.45, 2.75) is 12.0 Å². The molecule has 1 aromatic rings. The summed E-state index contributed by atoms with van der Waals surface area (Å²) in [6, 6.07) is 3.66. The monoisotopic (exact) mass is 193 g/mol. The van der Waals surface area contributed by atoms with Crippen LogP contribution in [0.1, 0.15) is 12.0 Å². The predicted octanol–water partition coefficient (Wildman–Crippen LogP) is 0.187. The van der Waals surface area contributed by atoms with Crippen molar-refractivity contribution in [3.05, 3.63) is 23.9 Å². The first-order valence-electron chi connectivity index (χ1n) is 4.74. The van der Waals surface area contributed by atoms with Gasteiger partial charge in [-0.2, -0.15) is 0 Å². The van der Waals surface area contributed by atoms with E-state index >= 15 is 0 Å². The zero-order valence-corrected chi connectivity index (χ0v) is 8.27. The second kappa shape index (κ2) is 3.22. The SMILES string of the molecule is CN1CCC(O)(c2cccnc2N)C1. The molecule has 76 valence electrons. The highest BCUT2D eigenvalue weighted by Crippen LogP contribution is 2.33. The molecule has 4 nitrogen and oxygen atoms in total. The van der Waals surface area contributed by atoms with Crippen molar-refractivity contribution in [2.24, 2.45) is 0 Å². The maximum Gasteiger partial charge on any atom is 0.129 e. The van der Waals surface area contributed by atoms with Crippen LogP contribution in [-0.4, -0.2) is 35.1 Å². The number of β-amino-alcohol motifs (C(OH)–C–C–N with tert-alkyl or cyclic N) is 1. The average molecular weight is 193 g/mol. The minimum absolute atomic E-state index is 0.435. The molecule has 1 unspecified atom stereocenters. The highest BCUT2D eigenvalue weighted by Gasteiger charge is 2.37. The van der Waals surface area contributed by atoms with Crippen LogP contribution in [0.15, 0.2) is 18.3 Å². The van der Waals surface area contributed by atoms with Gasteiger partial charge in [0.15, 0.2) is 0 Å². The number of aliphatic hydroxyl groups is 1. The number of aromatic nitrogens is 1. The molecular formula is C10H15N3O. The lowest BCUT2D eigenvalue weighted by molar-refractivity contribution is 0.0494. The summed E-state index contributed by atoms with van der Waals surface area (Å²) >= 11 is 0. The van der Waals surface area contributed by atoms with Gasteiger partial charge in [0.1, 0.15) is 11.4 Å². The molecule has 1 aliphatic rings. The second-order valence-corrected chi connectivity index (χ2v) is 3.96. The fraction of sp³-hybridized carbons (Fsp3) is 0.500. The average Bonchev–Trinajstić information content (AvgIpc) is 2.48. The molecule has 1 fully saturated rings. The van der Waals surface area contributed by atoms with Crippen LogP contribution in [0.4, 0.5) is 5.82 Å². The molecule has 0 amide bonds. The van der Waals surface area contributed by atoms with Gasteiger partial charge in [-0.3, -0.25) is 0 Å². The van der Waals surface area contributed by atoms with E-state index in [0.717, 1.165) is 18.5 Å². The molecule has 4 heteroatoms. The van der Waals surface area contributed by atoms with Gasteiger partial charge in [-0.1, -0.05) is 6.07 Å². The van der Waals surface area contributed by atoms with E-state index in [4.69, 9.17) is 5.73 Å². The van der Waals surface area contributed by atoms with Crippen molar-refractivity contribution >= 4 is 5.82 Å². The van der Waals surface area contributed by atoms with Gasteiger partial charge in [0, 0.05) is 24.8 Å². The van der Waals surface area contributed by atoms with Crippen LogP contribution in [0.2, 0.25) is 0 Å². The number of nitrogens with two attached hydrogens (primary N) is 1. The first-order chi connectivity index (χ1) is 6.62. The van der Waals surface area contributed by atoms with Crippen molar-refractivity contribution in [2.75, 3.05) is 25.9 Å². The van der Waals surface area contributed by atoms with E-state index in [1.807, 2.05) is 19.2 Å². The number of pyridine rings is 1. The summed E-state index contributed by atoms with van der Waals surface area (Å²) in [5.74, 6) is 0.435. The summed E-state index contributed by atoms with van der Waals surface area (Å²) in [5.41, 5.74) is 5.68. The summed E-state index contributed by atoms with van der Waals surface area (Å²) in [7, 11) is 1.99. The molecule has 0 spiro atoms. The summed E-state index contributed by atoms with van der Waals surface area (Å²) in [4.78, 5) is 6.08. The standard InChI is InChI=1S/C10H15N3O/c1-13-6-4-10(14,7-13)8-3-2-5-12-9(8)11/h2-3,5,14H,4,6-7H2,1H3,(H2,11,12). The third kappa shape index (κ3) is 1.47. The lowest BCUT2D eigenvalue weighted by atomic mass is 9.93. The summed E-state index contributed by atoms with van der Waals surface area (Å²) in [6.07, 6.45) is 2.36. The number of hydrogen-bond donors (Lipinski definition) is 2. The fourth-order valence-corrected chi connectivity index (χ4v) is 2.01. The Balaban J connectivity index is 2.35. The Morgan fingerprint density at radius 2 is 2.43 bits per heavy atom. The maximum atomic E-state index is 10.4. The minimum atomic E-state index is -0.812. The van der Waals surface area contributed by atoms with Gasteiger partial charge < -0.3 is 15.7 Å². The Morgan fingerprint density at radius 3 is 3.00 bits per heavy atom. The topological polar surface area (TPSA) is 62.4 Å². The quantitative estimate of drug-likeness (QED) is 0.668. The molecule has 1 aromatic heterocycles. The molecule has 14 heavy (non-hydrogen) atoms. The smallest absolute Gasteiger partial charge is 0.129 e. The van der Waals surface area contributed by atoms with Crippen molar-refractivity contribution in [3.8, 4) is 0 Å². The van der Waals surface area contributed by atoms with Crippen LogP contribution in [0.25, 0.3) is 0 Å². The molecule has 0 aromatic carbocycles. The number of likely N-dealkylation sites (tertiary alicyclic amines) is 1. The molecule has 0 bridgehead atoms. The van der Waals surface area contributed by atoms with E-state index < -0.39 is 5.60 Å². The number of anilines is 1. The minimum Gasteiger partial charge on any atom is -0.384 e. The summed E-state index contributed by atoms with van der Waals surface area (Å²) in [6.45, 7) is 1.52. The van der Waals surface area contributed by atoms with Crippen LogP contribution in [0.5, 0.6) is 0 Å². The predicted molar refractivity (Wildman–Crippen MR) is 54.7 cm³/mol. The molecular weight excluding hydrogens is 178 g/mol. The number of nitrogens with zero attached hydrogens (tertiary/aromatic N) is 2. The van der Waals surface area contributed by atoms with Crippen LogP contribution < -0.4 is 5.73 Å². The second-order valence-electron chi connectivity index (χ2n) is 3.96. The zero-order chi connectivity index (χ0) is 10.2. The van der Waals surface area contributed by atoms with Crippen LogP contribution in [0, 0.1) is 0 Å². The number of rotatable bonds is 1. The Morgan fingerprint density at radius 1 is 1.64 bits per heavy atom. The highest BCUT2D eigenvalue weighted by atomic mass is 16.3. The molecule has 2 rings (SSSR count). The first kappa shape index (κ1) is 9.43. The van der Waals surface area contributed by atoms with Crippen LogP contribution >= 0.6 is 0 Å². The summed E-state index contributed by atoms with van der Waals surface area (Å²) in [5, 5.41) is 10.4. The van der Waals surface area contributed by atoms with Crippen molar-refractivity contribution in [1.29, 1.82) is 0 Å². The molecule has 2 heterocycles. The van der Waals surface area contributed by atoms with E-state index in [0.29, 0.717) is 12.4 Å². The lowest BCUT2D eigenvalue weighted by Crippen LogP contribution is -2.30. The number of likely N-dealkylation sites (N-methyl/N-ethyl adjacent to an activating group) is 1. The van der Waals surface area contributed by atoms with Gasteiger partial charge in [-0.05, 0) is 19.5 Å². The first-order valence-corrected chi connectivity index (χ1v) is 4.74. The van der Waals surface area contributed by atoms with E-state index in [1.165, 1.54) is 0 Å². The fourth-order valence-electron chi connectivity index (χ4n) is 2.01. The van der Waals surface area contributed by atoms with Crippen molar-refractivity contribution in [3.63, 3.8) is 0 Å². The Kier molecular flexibility index (Phi) is 2.17. The van der Waals surface area contributed by atoms with E-state index in [2.05, 4.69) is 9.88 Å². The third-order valence-electron chi connectivity index (χ3n) is 2.78. The van der Waals surface area contributed by atoms with Gasteiger partial charge in [-0.15, -0.1) is 0 Å². The molecule has 0 saturated carbocycles. The zero-order valence-electron chi connectivity index (χ0n) is 8.27. The molecule has 0 radical (unpaired) electrons. The van der Waals surface area contributed by atoms with Crippen LogP contribution in [0.3, 0.4) is 0 Å². The van der Waals surface area contributed by atoms with E-state index in [-0.39, 0.29) is 0 Å². The Labute approximate surface area is 83.4 Å². The molecule has 1 atom stereocenters. The number of nitrogen functional groups attached to an aromatic ring is 1. The van der Waals surface area contributed by atoms with Crippen LogP contribution in [-0.2, 0) is 5.60 Å². The van der Waals surface area contributed by atoms with Gasteiger partial charge in [0.05, 0.1) is 0 Å². The molecule has 3 N–H and O–H groups in total. The van der Waals surface area contributed by atoms with E-state index in [9.17, 15) is 5.11 Å². The highest BCUT2D eigenvalue weighted by molar-refractivity contribution is 5.43. The molecule has 1 saturated heterocycles. The maximum absolute atomic E-state index is 10.4. The van der Waals surface area contributed by atoms with Gasteiger partial charge in [-0.25, -0.2) is 4.98 Å². The van der Waals surface area contributed by atoms with Gasteiger partial charge >= 0.3 is 0 Å². The van der Waals surface area contributed by atoms with E-state index in [1.54, 1.807) is 6.20 Å². The normalized spacial score (nSPS) is 28.1. The third-order valence-corrected chi connectivity index (χ3v) is 2.78. The van der Waals surface area contributed by atoms with Gasteiger partial charge in [0.2, 0.25) is 0 Å². The Hall–Kier alpha value is -1.13. The molecule has 1 aliphatic heterocycles. The van der Waals surface area contributed by atoms with Gasteiger partial charge in [0.25, 0.3) is 0 Å². The summed E-state index contributed by atoms with van der Waals surface area (Å²) < 4.78 is 0. The Bertz CT molecular complexity index is 342. The largest absolute Gasteiger partial charge is 0.384 e. The molecule has 0 aliphatic carbocycles. The van der Waals surface area contributed by atoms with Crippen molar-refractivity contribution < 1.29 is 5.11 Å².